The van der Waals surface area contributed by atoms with Crippen molar-refractivity contribution in [2.45, 2.75) is 6.04 Å². The van der Waals surface area contributed by atoms with Gasteiger partial charge in [0.05, 0.1) is 13.2 Å². The summed E-state index contributed by atoms with van der Waals surface area (Å²) in [5, 5.41) is 3.47. The van der Waals surface area contributed by atoms with Gasteiger partial charge in [-0.2, -0.15) is 0 Å². The second kappa shape index (κ2) is 4.22. The molecule has 1 aromatic carbocycles. The zero-order valence-corrected chi connectivity index (χ0v) is 9.91. The van der Waals surface area contributed by atoms with Crippen LogP contribution in [-0.4, -0.2) is 31.6 Å². The van der Waals surface area contributed by atoms with E-state index >= 15 is 0 Å². The molecule has 0 bridgehead atoms. The third-order valence-corrected chi connectivity index (χ3v) is 3.01. The summed E-state index contributed by atoms with van der Waals surface area (Å²) in [5.74, 6) is 0.714. The maximum absolute atomic E-state index is 11.3. The molecule has 1 atom stereocenters. The van der Waals surface area contributed by atoms with Gasteiger partial charge in [0.1, 0.15) is 5.75 Å². The lowest BCUT2D eigenvalue weighted by atomic mass is 10.1. The molecule has 1 heterocycles. The topological polar surface area (TPSA) is 41.6 Å². The molecule has 1 fully saturated rings. The number of nitrogens with one attached hydrogen (secondary N) is 1. The fraction of sp³-hybridized carbons (Fsp3) is 0.364. The van der Waals surface area contributed by atoms with Crippen LogP contribution in [0.5, 0.6) is 5.75 Å². The molecule has 1 aliphatic heterocycles. The van der Waals surface area contributed by atoms with Crippen LogP contribution in [0.3, 0.4) is 0 Å². The van der Waals surface area contributed by atoms with Gasteiger partial charge in [-0.15, -0.1) is 0 Å². The highest BCUT2D eigenvalue weighted by molar-refractivity contribution is 6.31. The van der Waals surface area contributed by atoms with Crippen molar-refractivity contribution in [3.05, 3.63) is 28.8 Å². The summed E-state index contributed by atoms with van der Waals surface area (Å²) in [6, 6.07) is 5.35. The number of methoxy groups -OCH3 is 1. The Kier molecular flexibility index (Phi) is 2.92. The van der Waals surface area contributed by atoms with Gasteiger partial charge in [0.25, 0.3) is 0 Å². The number of benzene rings is 1. The number of hydrogen-bond donors (Lipinski definition) is 1. The van der Waals surface area contributed by atoms with Gasteiger partial charge in [-0.25, -0.2) is 4.79 Å². The lowest BCUT2D eigenvalue weighted by molar-refractivity contribution is 0.226. The van der Waals surface area contributed by atoms with Gasteiger partial charge in [0, 0.05) is 18.6 Å². The van der Waals surface area contributed by atoms with E-state index in [2.05, 4.69) is 5.32 Å². The van der Waals surface area contributed by atoms with Crippen molar-refractivity contribution in [2.24, 2.45) is 0 Å². The number of urea groups is 1. The first-order chi connectivity index (χ1) is 7.61. The van der Waals surface area contributed by atoms with E-state index in [0.29, 0.717) is 17.3 Å². The van der Waals surface area contributed by atoms with Gasteiger partial charge in [0.15, 0.2) is 0 Å². The Morgan fingerprint density at radius 3 is 2.81 bits per heavy atom. The van der Waals surface area contributed by atoms with Crippen molar-refractivity contribution in [1.82, 2.24) is 10.2 Å². The van der Waals surface area contributed by atoms with Crippen molar-refractivity contribution in [3.8, 4) is 5.75 Å². The van der Waals surface area contributed by atoms with Crippen LogP contribution in [0.15, 0.2) is 18.2 Å². The summed E-state index contributed by atoms with van der Waals surface area (Å²) < 4.78 is 5.07. The van der Waals surface area contributed by atoms with Gasteiger partial charge < -0.3 is 15.0 Å². The summed E-state index contributed by atoms with van der Waals surface area (Å²) in [7, 11) is 3.35. The molecule has 5 heteroatoms. The van der Waals surface area contributed by atoms with Crippen LogP contribution in [0.25, 0.3) is 0 Å². The Bertz CT molecular complexity index is 422. The highest BCUT2D eigenvalue weighted by atomic mass is 35.5. The molecule has 0 aliphatic carbocycles. The monoisotopic (exact) mass is 240 g/mol. The molecule has 86 valence electrons. The maximum atomic E-state index is 11.3. The maximum Gasteiger partial charge on any atom is 0.317 e. The van der Waals surface area contributed by atoms with E-state index in [1.165, 1.54) is 0 Å². The fourth-order valence-corrected chi connectivity index (χ4v) is 2.06. The summed E-state index contributed by atoms with van der Waals surface area (Å²) in [5.41, 5.74) is 0.917. The van der Waals surface area contributed by atoms with Crippen molar-refractivity contribution < 1.29 is 9.53 Å². The van der Waals surface area contributed by atoms with Crippen molar-refractivity contribution >= 4 is 17.6 Å². The number of rotatable bonds is 2. The number of carbonyl (C=O) groups excluding carboxylic acids is 1. The number of halogens is 1. The van der Waals surface area contributed by atoms with Gasteiger partial charge in [-0.05, 0) is 17.7 Å². The van der Waals surface area contributed by atoms with Gasteiger partial charge in [-0.1, -0.05) is 17.7 Å². The minimum absolute atomic E-state index is 0.0455. The number of hydrogen-bond acceptors (Lipinski definition) is 2. The SMILES string of the molecule is COc1ccc(C2CN(C)C(=O)N2)c(Cl)c1. The lowest BCUT2D eigenvalue weighted by Gasteiger charge is -2.12. The van der Waals surface area contributed by atoms with Crippen LogP contribution in [-0.2, 0) is 0 Å². The van der Waals surface area contributed by atoms with Crippen LogP contribution in [0.2, 0.25) is 5.02 Å². The molecule has 1 aliphatic rings. The summed E-state index contributed by atoms with van der Waals surface area (Å²) >= 11 is 6.13. The Balaban J connectivity index is 2.25. The quantitative estimate of drug-likeness (QED) is 0.860. The first-order valence-corrected chi connectivity index (χ1v) is 5.34. The van der Waals surface area contributed by atoms with Crippen LogP contribution in [0, 0.1) is 0 Å². The predicted molar refractivity (Wildman–Crippen MR) is 61.9 cm³/mol. The molecular formula is C11H13ClN2O2. The van der Waals surface area contributed by atoms with E-state index in [4.69, 9.17) is 16.3 Å². The van der Waals surface area contributed by atoms with Crippen LogP contribution in [0.4, 0.5) is 4.79 Å². The molecule has 0 saturated carbocycles. The normalized spacial score (nSPS) is 19.8. The van der Waals surface area contributed by atoms with E-state index in [1.54, 1.807) is 25.1 Å². The molecule has 0 radical (unpaired) electrons. The average Bonchev–Trinajstić information content (AvgIpc) is 2.58. The molecule has 0 aromatic heterocycles. The Morgan fingerprint density at radius 2 is 2.31 bits per heavy atom. The van der Waals surface area contributed by atoms with Crippen LogP contribution in [0.1, 0.15) is 11.6 Å². The largest absolute Gasteiger partial charge is 0.497 e. The standard InChI is InChI=1S/C11H13ClN2O2/c1-14-6-10(13-11(14)15)8-4-3-7(16-2)5-9(8)12/h3-5,10H,6H2,1-2H3,(H,13,15). The minimum atomic E-state index is -0.0723. The van der Waals surface area contributed by atoms with E-state index in [1.807, 2.05) is 12.1 Å². The summed E-state index contributed by atoms with van der Waals surface area (Å²) in [6.07, 6.45) is 0. The fourth-order valence-electron chi connectivity index (χ4n) is 1.76. The third-order valence-electron chi connectivity index (χ3n) is 2.68. The van der Waals surface area contributed by atoms with Gasteiger partial charge in [0.2, 0.25) is 0 Å². The predicted octanol–water partition coefficient (Wildman–Crippen LogP) is 2.04. The van der Waals surface area contributed by atoms with Crippen LogP contribution < -0.4 is 10.1 Å². The van der Waals surface area contributed by atoms with Crippen molar-refractivity contribution in [2.75, 3.05) is 20.7 Å². The van der Waals surface area contributed by atoms with E-state index in [-0.39, 0.29) is 12.1 Å². The van der Waals surface area contributed by atoms with E-state index < -0.39 is 0 Å². The van der Waals surface area contributed by atoms with Crippen molar-refractivity contribution in [1.29, 1.82) is 0 Å². The Labute approximate surface area is 99.1 Å². The molecular weight excluding hydrogens is 228 g/mol. The van der Waals surface area contributed by atoms with E-state index in [9.17, 15) is 4.79 Å². The summed E-state index contributed by atoms with van der Waals surface area (Å²) in [6.45, 7) is 0.630. The number of ether oxygens (including phenoxy) is 1. The highest BCUT2D eigenvalue weighted by Crippen LogP contribution is 2.29. The van der Waals surface area contributed by atoms with Crippen molar-refractivity contribution in [3.63, 3.8) is 0 Å². The molecule has 1 N–H and O–H groups in total. The molecule has 1 unspecified atom stereocenters. The lowest BCUT2D eigenvalue weighted by Crippen LogP contribution is -2.24. The number of carbonyl (C=O) groups is 1. The second-order valence-corrected chi connectivity index (χ2v) is 4.18. The molecule has 0 spiro atoms. The molecule has 1 saturated heterocycles. The molecule has 2 rings (SSSR count). The highest BCUT2D eigenvalue weighted by Gasteiger charge is 2.28. The van der Waals surface area contributed by atoms with Crippen LogP contribution >= 0.6 is 11.6 Å². The Hall–Kier alpha value is -1.42. The molecule has 1 aromatic rings. The Morgan fingerprint density at radius 1 is 1.56 bits per heavy atom. The number of likely N-dealkylation sites (N-methyl/N-ethyl adjacent to an activating group) is 1. The zero-order chi connectivity index (χ0) is 11.7. The second-order valence-electron chi connectivity index (χ2n) is 3.77. The number of nitrogens with zero attached hydrogens (tertiary/aromatic N) is 1. The molecule has 16 heavy (non-hydrogen) atoms. The van der Waals surface area contributed by atoms with Gasteiger partial charge in [-0.3, -0.25) is 0 Å². The third kappa shape index (κ3) is 1.93. The number of amides is 2. The van der Waals surface area contributed by atoms with Gasteiger partial charge >= 0.3 is 6.03 Å². The smallest absolute Gasteiger partial charge is 0.317 e. The first kappa shape index (κ1) is 11.1. The first-order valence-electron chi connectivity index (χ1n) is 4.97. The van der Waals surface area contributed by atoms with E-state index in [0.717, 1.165) is 5.56 Å². The molecule has 4 nitrogen and oxygen atoms in total. The molecule has 2 amide bonds. The average molecular weight is 241 g/mol. The zero-order valence-electron chi connectivity index (χ0n) is 9.16. The minimum Gasteiger partial charge on any atom is -0.497 e. The summed E-state index contributed by atoms with van der Waals surface area (Å²) in [4.78, 5) is 13.0.